The van der Waals surface area contributed by atoms with Gasteiger partial charge in [-0.05, 0) is 303 Å². The topological polar surface area (TPSA) is 169 Å². The van der Waals surface area contributed by atoms with E-state index in [9.17, 15) is 29.1 Å². The molecule has 12 rings (SSSR count). The predicted molar refractivity (Wildman–Crippen MR) is 434 cm³/mol. The van der Waals surface area contributed by atoms with Crippen molar-refractivity contribution >= 4 is 69.5 Å². The largest absolute Gasteiger partial charge is 0.508 e. The first-order chi connectivity index (χ1) is 49.7. The van der Waals surface area contributed by atoms with Crippen molar-refractivity contribution in [3.63, 3.8) is 0 Å². The first kappa shape index (κ1) is 86.3. The molecule has 2 N–H and O–H groups in total. The van der Waals surface area contributed by atoms with E-state index in [2.05, 4.69) is 119 Å². The molecule has 11 nitrogen and oxygen atoms in total. The van der Waals surface area contributed by atoms with Gasteiger partial charge in [0.2, 0.25) is 5.91 Å². The van der Waals surface area contributed by atoms with E-state index in [1.807, 2.05) is 104 Å². The van der Waals surface area contributed by atoms with Gasteiger partial charge in [-0.2, -0.15) is 5.26 Å². The van der Waals surface area contributed by atoms with Gasteiger partial charge < -0.3 is 24.6 Å². The zero-order valence-electron chi connectivity index (χ0n) is 66.3. The molecule has 0 bridgehead atoms. The number of allylic oxidation sites excluding steroid dienone is 23. The number of carbonyl (C=O) groups excluding carboxylic acids is 5. The summed E-state index contributed by atoms with van der Waals surface area (Å²) in [5.74, 6) is -0.390. The fourth-order valence-corrected chi connectivity index (χ4v) is 14.1. The van der Waals surface area contributed by atoms with Crippen LogP contribution in [0.2, 0.25) is 10.0 Å². The lowest BCUT2D eigenvalue weighted by Gasteiger charge is -2.04. The van der Waals surface area contributed by atoms with Crippen molar-refractivity contribution < 1.29 is 43.3 Å². The molecular formula is C92H110Cl2N2O9. The smallest absolute Gasteiger partial charge is 0.338 e. The molecule has 0 aromatic heterocycles. The van der Waals surface area contributed by atoms with Gasteiger partial charge in [0.15, 0.2) is 5.78 Å². The summed E-state index contributed by atoms with van der Waals surface area (Å²) >= 11 is 11.6. The fraction of sp³-hybridized carbons (Fsp3) is 0.370. The number of hydrogen-bond acceptors (Lipinski definition) is 10. The summed E-state index contributed by atoms with van der Waals surface area (Å²) in [6, 6.07) is 30.3. The molecule has 0 unspecified atom stereocenters. The molecule has 8 aliphatic carbocycles. The van der Waals surface area contributed by atoms with Crippen molar-refractivity contribution in [1.82, 2.24) is 5.32 Å². The van der Waals surface area contributed by atoms with E-state index in [-0.39, 0.29) is 29.6 Å². The van der Waals surface area contributed by atoms with Crippen LogP contribution in [0, 0.1) is 11.3 Å². The molecule has 13 heteroatoms. The van der Waals surface area contributed by atoms with Crippen LogP contribution in [0.25, 0.3) is 16.7 Å². The molecule has 0 atom stereocenters. The minimum absolute atomic E-state index is 0.0759. The quantitative estimate of drug-likeness (QED) is 0.0837. The third-order valence-corrected chi connectivity index (χ3v) is 20.8. The maximum atomic E-state index is 12.3. The first-order valence-electron chi connectivity index (χ1n) is 36.3. The normalized spacial score (nSPS) is 16.0. The van der Waals surface area contributed by atoms with E-state index in [1.165, 1.54) is 99.6 Å². The number of nitrogens with one attached hydrogen (secondary N) is 1. The van der Waals surface area contributed by atoms with Crippen LogP contribution < -0.4 is 5.32 Å². The number of benzene rings is 4. The standard InChI is InChI=1S/C15H14ClNO2.C13H10ClN.C13H14O2.C11H16O2.C11H12O.C11H18.C10H14O2.C8H12/c1-9-7-11(15(19)17-2)8-13(9)14(18)10-3-5-12(16)6-4-10;1-9-2-7-12(13(9)8-15)10-3-5-11(14)6-4-10;1-3-15-13(14)12-8-10-6-4-5-7-11(10)9(12)2;1-5-13-11(12)10-6-7(2)8(3)9(10)4;1-7-5-9-3-4-10(12)6-11(9)8(7)2;1-5-10-8(3)7-9(4)11(10)6-2;1-6-5-7(2)9(8(6)3)10(11)12-4;1-6-4-7(2)8(3)5-6/h3-6,8H,7H2,1-2H3,(H,17,19);3-7H,2H2,1H3;4-7H,3,8H2,1-2H3;5-6H2,1-4H3;3-4,6,12H,5H2,1-2H3;5-7H2,1-4H3;5H2,1-4H3;4H,5H2,1-3H3. The van der Waals surface area contributed by atoms with Crippen molar-refractivity contribution in [3.05, 3.63) is 275 Å². The second kappa shape index (κ2) is 40.8. The van der Waals surface area contributed by atoms with E-state index in [1.54, 1.807) is 65.7 Å². The van der Waals surface area contributed by atoms with Gasteiger partial charge in [0.05, 0.1) is 37.5 Å². The van der Waals surface area contributed by atoms with E-state index in [0.717, 1.165) is 97.6 Å². The Hall–Kier alpha value is -9.34. The number of amides is 1. The molecule has 0 spiro atoms. The number of ketones is 1. The molecular weight excluding hydrogens is 1350 g/mol. The van der Waals surface area contributed by atoms with Crippen molar-refractivity contribution in [3.8, 4) is 11.8 Å². The first-order valence-corrected chi connectivity index (χ1v) is 37.1. The number of nitrogens with zero attached hydrogens (tertiary/aromatic N) is 1. The number of hydrogen-bond donors (Lipinski definition) is 2. The number of aromatic hydroxyl groups is 1. The van der Waals surface area contributed by atoms with Crippen molar-refractivity contribution in [1.29, 1.82) is 5.26 Å². The number of esters is 3. The van der Waals surface area contributed by atoms with Crippen molar-refractivity contribution in [2.45, 2.75) is 203 Å². The van der Waals surface area contributed by atoms with Gasteiger partial charge >= 0.3 is 17.9 Å². The number of phenolic OH excluding ortho intramolecular Hbond substituents is 1. The number of fused-ring (bicyclic) bond motifs is 2. The molecule has 1 amide bonds. The van der Waals surface area contributed by atoms with Gasteiger partial charge in [-0.25, -0.2) is 14.4 Å². The van der Waals surface area contributed by atoms with Crippen LogP contribution in [0.3, 0.4) is 0 Å². The summed E-state index contributed by atoms with van der Waals surface area (Å²) in [6.45, 7) is 42.4. The zero-order valence-corrected chi connectivity index (χ0v) is 67.8. The van der Waals surface area contributed by atoms with Gasteiger partial charge in [0, 0.05) is 57.8 Å². The lowest BCUT2D eigenvalue weighted by molar-refractivity contribution is -0.139. The average Bonchev–Trinajstić information content (AvgIpc) is 1.67. The number of carbonyl (C=O) groups is 5. The summed E-state index contributed by atoms with van der Waals surface area (Å²) in [6.07, 6.45) is 15.7. The summed E-state index contributed by atoms with van der Waals surface area (Å²) in [7, 11) is 3.00. The van der Waals surface area contributed by atoms with E-state index in [0.29, 0.717) is 53.5 Å². The Kier molecular flexibility index (Phi) is 33.5. The second-order valence-corrected chi connectivity index (χ2v) is 28.7. The number of ether oxygens (including phenoxy) is 3. The molecule has 4 aromatic carbocycles. The SMILES string of the molecule is CC1=C(C#N)C(c2ccc(Cl)cc2)=CC1.CC1=C(C)c2cc(O)ccc2C1.CC1=CC(C)=C(C)C1.CCC1=C(C)CC(C)=C1CC.CCOC(=O)C1=C(C)C(C)=C(C)C1.CCOC(=O)C1=C(C)c2ccccc2C1.CNC(=O)C1=CC(C(=O)c2ccc(Cl)cc2)=C(C)C1.COC(=O)C1=C(C)CC(C)=C1C. The molecule has 0 saturated heterocycles. The highest BCUT2D eigenvalue weighted by molar-refractivity contribution is 6.31. The number of rotatable bonds is 11. The minimum atomic E-state index is -0.207. The third-order valence-electron chi connectivity index (χ3n) is 20.3. The lowest BCUT2D eigenvalue weighted by Crippen LogP contribution is -2.19. The highest BCUT2D eigenvalue weighted by atomic mass is 35.5. The molecule has 0 aliphatic heterocycles. The number of halogens is 2. The molecule has 0 radical (unpaired) electrons. The predicted octanol–water partition coefficient (Wildman–Crippen LogP) is 23.5. The Morgan fingerprint density at radius 3 is 1.51 bits per heavy atom. The van der Waals surface area contributed by atoms with E-state index in [4.69, 9.17) is 42.7 Å². The molecule has 0 saturated carbocycles. The van der Waals surface area contributed by atoms with Crippen molar-refractivity contribution in [2.75, 3.05) is 27.4 Å². The second-order valence-electron chi connectivity index (χ2n) is 27.8. The number of methoxy groups -OCH3 is 1. The van der Waals surface area contributed by atoms with Crippen LogP contribution in [0.1, 0.15) is 228 Å². The molecule has 105 heavy (non-hydrogen) atoms. The van der Waals surface area contributed by atoms with Crippen LogP contribution in [0.15, 0.2) is 232 Å². The van der Waals surface area contributed by atoms with Gasteiger partial charge in [0.25, 0.3) is 0 Å². The van der Waals surface area contributed by atoms with Gasteiger partial charge in [-0.3, -0.25) is 9.59 Å². The Balaban J connectivity index is 0.000000218. The molecule has 0 fully saturated rings. The summed E-state index contributed by atoms with van der Waals surface area (Å²) in [5.41, 5.74) is 35.9. The summed E-state index contributed by atoms with van der Waals surface area (Å²) < 4.78 is 14.7. The van der Waals surface area contributed by atoms with Gasteiger partial charge in [-0.1, -0.05) is 153 Å². The molecule has 8 aliphatic rings. The van der Waals surface area contributed by atoms with Crippen LogP contribution in [0.4, 0.5) is 0 Å². The highest BCUT2D eigenvalue weighted by Gasteiger charge is 2.27. The Bertz CT molecular complexity index is 4500. The summed E-state index contributed by atoms with van der Waals surface area (Å²) in [5, 5.41) is 22.2. The number of likely N-dealkylation sites (N-methyl/N-ethyl adjacent to an activating group) is 1. The highest BCUT2D eigenvalue weighted by Crippen LogP contribution is 2.39. The molecule has 556 valence electrons. The Morgan fingerprint density at radius 1 is 0.514 bits per heavy atom. The van der Waals surface area contributed by atoms with Crippen LogP contribution in [-0.2, 0) is 46.2 Å². The Labute approximate surface area is 636 Å². The number of Topliss-reactive ketones (excluding diaryl/α,β-unsaturated/α-hetero) is 1. The number of nitriles is 1. The Morgan fingerprint density at radius 2 is 1.05 bits per heavy atom. The average molecular weight is 1460 g/mol. The number of phenols is 1. The fourth-order valence-electron chi connectivity index (χ4n) is 13.8. The van der Waals surface area contributed by atoms with Crippen molar-refractivity contribution in [2.24, 2.45) is 0 Å². The third kappa shape index (κ3) is 23.1. The monoisotopic (exact) mass is 1460 g/mol. The van der Waals surface area contributed by atoms with Gasteiger partial charge in [-0.15, -0.1) is 0 Å². The maximum absolute atomic E-state index is 12.3. The maximum Gasteiger partial charge on any atom is 0.338 e. The van der Waals surface area contributed by atoms with Gasteiger partial charge in [0.1, 0.15) is 5.75 Å². The minimum Gasteiger partial charge on any atom is -0.508 e. The molecule has 0 heterocycles. The van der Waals surface area contributed by atoms with Crippen LogP contribution >= 0.6 is 23.2 Å². The summed E-state index contributed by atoms with van der Waals surface area (Å²) in [4.78, 5) is 58.3. The van der Waals surface area contributed by atoms with E-state index >= 15 is 0 Å². The van der Waals surface area contributed by atoms with E-state index < -0.39 is 0 Å². The van der Waals surface area contributed by atoms with Crippen LogP contribution in [0.5, 0.6) is 5.75 Å². The lowest BCUT2D eigenvalue weighted by atomic mass is 10.0. The zero-order chi connectivity index (χ0) is 78.3. The van der Waals surface area contributed by atoms with Crippen LogP contribution in [-0.4, -0.2) is 62.1 Å². The molecule has 4 aromatic rings.